The third kappa shape index (κ3) is 3.77. The summed E-state index contributed by atoms with van der Waals surface area (Å²) in [6.45, 7) is 1.52. The summed E-state index contributed by atoms with van der Waals surface area (Å²) in [6.07, 6.45) is 2.40. The molecule has 0 aliphatic rings. The number of para-hydroxylation sites is 1. The average molecular weight is 382 g/mol. The number of benzene rings is 2. The number of aliphatic carboxylic acids is 1. The highest BCUT2D eigenvalue weighted by Gasteiger charge is 2.35. The van der Waals surface area contributed by atoms with E-state index in [1.165, 1.54) is 6.92 Å². The van der Waals surface area contributed by atoms with Crippen molar-refractivity contribution in [2.24, 2.45) is 5.73 Å². The summed E-state index contributed by atoms with van der Waals surface area (Å²) in [7, 11) is 0. The number of nitrogens with two attached hydrogens (primary N) is 1. The van der Waals surface area contributed by atoms with Crippen LogP contribution in [0.5, 0.6) is 0 Å². The van der Waals surface area contributed by atoms with Crippen molar-refractivity contribution in [2.45, 2.75) is 30.7 Å². The number of fused-ring (bicyclic) bond motifs is 1. The van der Waals surface area contributed by atoms with Gasteiger partial charge in [0.1, 0.15) is 10.9 Å². The summed E-state index contributed by atoms with van der Waals surface area (Å²) < 4.78 is 1.84. The predicted octanol–water partition coefficient (Wildman–Crippen LogP) is 3.01. The molecule has 0 spiro atoms. The van der Waals surface area contributed by atoms with Gasteiger partial charge in [-0.05, 0) is 24.1 Å². The fourth-order valence-electron chi connectivity index (χ4n) is 3.30. The molecule has 0 radical (unpaired) electrons. The molecule has 2 aromatic carbocycles. The van der Waals surface area contributed by atoms with Gasteiger partial charge in [-0.2, -0.15) is 0 Å². The number of nitrogens with zero attached hydrogens (tertiary/aromatic N) is 1. The third-order valence-corrected chi connectivity index (χ3v) is 5.50. The minimum absolute atomic E-state index is 0.0930. The Morgan fingerprint density at radius 1 is 1.15 bits per heavy atom. The van der Waals surface area contributed by atoms with Gasteiger partial charge in [-0.3, -0.25) is 9.59 Å². The van der Waals surface area contributed by atoms with Crippen molar-refractivity contribution in [3.63, 3.8) is 0 Å². The maximum atomic E-state index is 12.6. The quantitative estimate of drug-likeness (QED) is 0.549. The summed E-state index contributed by atoms with van der Waals surface area (Å²) >= 11 is 4.80. The topological polar surface area (TPSA) is 85.3 Å². The van der Waals surface area contributed by atoms with Gasteiger partial charge in [0.25, 0.3) is 0 Å². The van der Waals surface area contributed by atoms with Crippen molar-refractivity contribution in [2.75, 3.05) is 0 Å². The Morgan fingerprint density at radius 2 is 1.78 bits per heavy atom. The number of hydrogen-bond donors (Lipinski definition) is 3. The lowest BCUT2D eigenvalue weighted by atomic mass is 10.0. The summed E-state index contributed by atoms with van der Waals surface area (Å²) in [5.41, 5.74) is 8.35. The molecule has 0 fully saturated rings. The molecule has 5 nitrogen and oxygen atoms in total. The minimum Gasteiger partial charge on any atom is -0.480 e. The van der Waals surface area contributed by atoms with Crippen LogP contribution in [0.2, 0.25) is 0 Å². The Kier molecular flexibility index (Phi) is 5.39. The van der Waals surface area contributed by atoms with Gasteiger partial charge in [0.15, 0.2) is 5.78 Å². The zero-order chi connectivity index (χ0) is 19.6. The largest absolute Gasteiger partial charge is 0.480 e. The van der Waals surface area contributed by atoms with E-state index in [-0.39, 0.29) is 12.2 Å². The van der Waals surface area contributed by atoms with Crippen LogP contribution in [0.15, 0.2) is 60.8 Å². The van der Waals surface area contributed by atoms with Gasteiger partial charge in [-0.1, -0.05) is 48.5 Å². The number of hydrogen-bond acceptors (Lipinski definition) is 4. The van der Waals surface area contributed by atoms with E-state index in [9.17, 15) is 9.59 Å². The van der Waals surface area contributed by atoms with Crippen LogP contribution in [0, 0.1) is 0 Å². The number of rotatable bonds is 7. The number of carbonyl (C=O) groups is 2. The van der Waals surface area contributed by atoms with Crippen LogP contribution in [0.4, 0.5) is 0 Å². The minimum atomic E-state index is -1.09. The maximum absolute atomic E-state index is 12.6. The van der Waals surface area contributed by atoms with Crippen LogP contribution in [-0.4, -0.2) is 27.5 Å². The van der Waals surface area contributed by atoms with E-state index in [1.54, 1.807) is 0 Å². The Morgan fingerprint density at radius 3 is 2.41 bits per heavy atom. The van der Waals surface area contributed by atoms with Gasteiger partial charge in [0, 0.05) is 29.9 Å². The second-order valence-corrected chi connectivity index (χ2v) is 7.47. The molecule has 0 bridgehead atoms. The highest BCUT2D eigenvalue weighted by atomic mass is 32.1. The molecule has 27 heavy (non-hydrogen) atoms. The van der Waals surface area contributed by atoms with E-state index >= 15 is 0 Å². The highest BCUT2D eigenvalue weighted by molar-refractivity contribution is 7.82. The lowest BCUT2D eigenvalue weighted by Gasteiger charge is -2.29. The molecule has 0 saturated heterocycles. The SMILES string of the molecule is CC(=O)C(S)(Cc1ccccc1)n1cc(CC(N)C(=O)O)c2ccccc21. The Bertz CT molecular complexity index is 984. The van der Waals surface area contributed by atoms with E-state index in [2.05, 4.69) is 0 Å². The number of thiol groups is 1. The zero-order valence-corrected chi connectivity index (χ0v) is 15.9. The van der Waals surface area contributed by atoms with E-state index in [0.717, 1.165) is 22.0 Å². The van der Waals surface area contributed by atoms with E-state index in [1.807, 2.05) is 65.4 Å². The molecule has 0 amide bonds. The Hall–Kier alpha value is -2.57. The van der Waals surface area contributed by atoms with Crippen LogP contribution in [0.1, 0.15) is 18.1 Å². The number of aromatic nitrogens is 1. The van der Waals surface area contributed by atoms with Crippen LogP contribution >= 0.6 is 12.6 Å². The first-order valence-corrected chi connectivity index (χ1v) is 9.13. The van der Waals surface area contributed by atoms with E-state index in [0.29, 0.717) is 6.42 Å². The predicted molar refractivity (Wildman–Crippen MR) is 109 cm³/mol. The van der Waals surface area contributed by atoms with E-state index < -0.39 is 16.9 Å². The summed E-state index contributed by atoms with van der Waals surface area (Å²) in [5, 5.41) is 10.0. The van der Waals surface area contributed by atoms with E-state index in [4.69, 9.17) is 23.5 Å². The molecule has 0 aliphatic carbocycles. The highest BCUT2D eigenvalue weighted by Crippen LogP contribution is 2.34. The number of carboxylic acid groups (broad SMARTS) is 1. The second kappa shape index (κ2) is 7.58. The maximum Gasteiger partial charge on any atom is 0.320 e. The van der Waals surface area contributed by atoms with Gasteiger partial charge in [0.2, 0.25) is 0 Å². The normalized spacial score (nSPS) is 14.6. The molecule has 3 aromatic rings. The first-order chi connectivity index (χ1) is 12.8. The lowest BCUT2D eigenvalue weighted by Crippen LogP contribution is -2.37. The van der Waals surface area contributed by atoms with Gasteiger partial charge in [0.05, 0.1) is 0 Å². The third-order valence-electron chi connectivity index (χ3n) is 4.81. The fraction of sp³-hybridized carbons (Fsp3) is 0.238. The number of carbonyl (C=O) groups excluding carboxylic acids is 1. The first-order valence-electron chi connectivity index (χ1n) is 8.68. The van der Waals surface area contributed by atoms with Gasteiger partial charge in [-0.25, -0.2) is 0 Å². The smallest absolute Gasteiger partial charge is 0.320 e. The van der Waals surface area contributed by atoms with Crippen LogP contribution < -0.4 is 5.73 Å². The Balaban J connectivity index is 2.13. The van der Waals surface area contributed by atoms with Crippen LogP contribution in [-0.2, 0) is 27.3 Å². The summed E-state index contributed by atoms with van der Waals surface area (Å²) in [6, 6.07) is 16.3. The molecule has 0 aliphatic heterocycles. The molecular formula is C21H22N2O3S. The van der Waals surface area contributed by atoms with Crippen molar-refractivity contribution in [3.8, 4) is 0 Å². The molecule has 2 unspecified atom stereocenters. The average Bonchev–Trinajstić information content (AvgIpc) is 3.01. The molecule has 3 N–H and O–H groups in total. The summed E-state index contributed by atoms with van der Waals surface area (Å²) in [5.74, 6) is -1.15. The Labute approximate surface area is 163 Å². The number of carboxylic acids is 1. The molecular weight excluding hydrogens is 360 g/mol. The van der Waals surface area contributed by atoms with Crippen molar-refractivity contribution < 1.29 is 14.7 Å². The van der Waals surface area contributed by atoms with Crippen LogP contribution in [0.25, 0.3) is 10.9 Å². The van der Waals surface area contributed by atoms with Crippen LogP contribution in [0.3, 0.4) is 0 Å². The molecule has 140 valence electrons. The molecule has 1 aromatic heterocycles. The standard InChI is InChI=1S/C21H22N2O3S/c1-14(24)21(27,12-15-7-3-2-4-8-15)23-13-16(11-18(22)20(25)26)17-9-5-6-10-19(17)23/h2-10,13,18,27H,11-12,22H2,1H3,(H,25,26). The zero-order valence-electron chi connectivity index (χ0n) is 15.0. The van der Waals surface area contributed by atoms with Crippen molar-refractivity contribution >= 4 is 35.3 Å². The molecule has 2 atom stereocenters. The molecule has 1 heterocycles. The fourth-order valence-corrected chi connectivity index (χ4v) is 3.65. The molecule has 6 heteroatoms. The monoisotopic (exact) mass is 382 g/mol. The summed E-state index contributed by atoms with van der Waals surface area (Å²) in [4.78, 5) is 22.7. The second-order valence-electron chi connectivity index (χ2n) is 6.73. The lowest BCUT2D eigenvalue weighted by molar-refractivity contribution is -0.138. The van der Waals surface area contributed by atoms with Gasteiger partial charge < -0.3 is 15.4 Å². The van der Waals surface area contributed by atoms with Gasteiger partial charge >= 0.3 is 5.97 Å². The number of ketones is 1. The van der Waals surface area contributed by atoms with Crippen molar-refractivity contribution in [1.82, 2.24) is 4.57 Å². The van der Waals surface area contributed by atoms with Crippen molar-refractivity contribution in [3.05, 3.63) is 71.9 Å². The first kappa shape index (κ1) is 19.2. The molecule has 3 rings (SSSR count). The van der Waals surface area contributed by atoms with Crippen molar-refractivity contribution in [1.29, 1.82) is 0 Å². The molecule has 0 saturated carbocycles. The van der Waals surface area contributed by atoms with Gasteiger partial charge in [-0.15, -0.1) is 12.6 Å². The number of Topliss-reactive ketones (excluding diaryl/α,β-unsaturated/α-hetero) is 1.